The third kappa shape index (κ3) is 4.25. The molecule has 3 N–H and O–H groups in total. The Bertz CT molecular complexity index is 1040. The van der Waals surface area contributed by atoms with Crippen LogP contribution in [0.15, 0.2) is 59.8 Å². The number of primary sulfonamides is 1. The van der Waals surface area contributed by atoms with Gasteiger partial charge in [0.15, 0.2) is 5.82 Å². The van der Waals surface area contributed by atoms with E-state index in [9.17, 15) is 8.42 Å². The minimum Gasteiger partial charge on any atom is -0.489 e. The molecule has 0 aliphatic carbocycles. The molecule has 9 heteroatoms. The zero-order valence-corrected chi connectivity index (χ0v) is 15.6. The zero-order valence-electron chi connectivity index (χ0n) is 14.0. The first-order valence-electron chi connectivity index (χ1n) is 7.88. The van der Waals surface area contributed by atoms with Gasteiger partial charge in [-0.25, -0.2) is 23.5 Å². The summed E-state index contributed by atoms with van der Waals surface area (Å²) in [6, 6.07) is 11.4. The average Bonchev–Trinajstić information content (AvgIpc) is 2.66. The molecule has 27 heavy (non-hydrogen) atoms. The van der Waals surface area contributed by atoms with E-state index in [1.165, 1.54) is 6.07 Å². The van der Waals surface area contributed by atoms with Crippen LogP contribution in [0.1, 0.15) is 0 Å². The molecule has 2 aromatic carbocycles. The van der Waals surface area contributed by atoms with Gasteiger partial charge in [0.2, 0.25) is 10.0 Å². The number of rotatable bonds is 6. The van der Waals surface area contributed by atoms with E-state index in [4.69, 9.17) is 26.6 Å². The fourth-order valence-corrected chi connectivity index (χ4v) is 3.41. The van der Waals surface area contributed by atoms with Crippen molar-refractivity contribution in [3.05, 3.63) is 59.9 Å². The minimum absolute atomic E-state index is 0.0267. The number of nitrogens with zero attached hydrogens (tertiary/aromatic N) is 2. The van der Waals surface area contributed by atoms with Gasteiger partial charge in [-0.15, -0.1) is 0 Å². The molecule has 7 nitrogen and oxygen atoms in total. The lowest BCUT2D eigenvalue weighted by Crippen LogP contribution is -2.16. The molecule has 0 saturated carbocycles. The predicted molar refractivity (Wildman–Crippen MR) is 102 cm³/mol. The second kappa shape index (κ2) is 8.01. The SMILES string of the molecule is NS(=O)(=O)c1ccc(-c2ncccn2)c(-c2ccc(Cl)cc2)c1OCCO. The Morgan fingerprint density at radius 3 is 2.33 bits per heavy atom. The van der Waals surface area contributed by atoms with Crippen LogP contribution in [0.5, 0.6) is 5.75 Å². The van der Waals surface area contributed by atoms with Gasteiger partial charge in [-0.3, -0.25) is 0 Å². The van der Waals surface area contributed by atoms with Crippen molar-refractivity contribution in [1.29, 1.82) is 0 Å². The highest BCUT2D eigenvalue weighted by atomic mass is 35.5. The lowest BCUT2D eigenvalue weighted by molar-refractivity contribution is 0.199. The molecule has 0 saturated heterocycles. The van der Waals surface area contributed by atoms with Crippen LogP contribution in [-0.2, 0) is 10.0 Å². The maximum atomic E-state index is 12.1. The second-order valence-electron chi connectivity index (χ2n) is 5.51. The highest BCUT2D eigenvalue weighted by Gasteiger charge is 2.24. The molecule has 0 radical (unpaired) electrons. The molecule has 0 atom stereocenters. The van der Waals surface area contributed by atoms with Gasteiger partial charge in [-0.1, -0.05) is 23.7 Å². The molecule has 0 aliphatic heterocycles. The van der Waals surface area contributed by atoms with Crippen molar-refractivity contribution in [2.75, 3.05) is 13.2 Å². The van der Waals surface area contributed by atoms with Crippen LogP contribution in [0.3, 0.4) is 0 Å². The monoisotopic (exact) mass is 405 g/mol. The third-order valence-corrected chi connectivity index (χ3v) is 4.89. The van der Waals surface area contributed by atoms with Gasteiger partial charge in [0.1, 0.15) is 17.3 Å². The van der Waals surface area contributed by atoms with E-state index < -0.39 is 10.0 Å². The fourth-order valence-electron chi connectivity index (χ4n) is 2.61. The van der Waals surface area contributed by atoms with E-state index in [0.717, 1.165) is 0 Å². The van der Waals surface area contributed by atoms with Gasteiger partial charge in [0.25, 0.3) is 0 Å². The Balaban J connectivity index is 2.36. The normalized spacial score (nSPS) is 11.4. The Labute approximate surface area is 161 Å². The molecule has 3 rings (SSSR count). The summed E-state index contributed by atoms with van der Waals surface area (Å²) in [7, 11) is -4.08. The maximum absolute atomic E-state index is 12.1. The van der Waals surface area contributed by atoms with Crippen molar-refractivity contribution in [2.24, 2.45) is 5.14 Å². The molecule has 0 spiro atoms. The van der Waals surface area contributed by atoms with Crippen molar-refractivity contribution in [3.8, 4) is 28.3 Å². The molecular weight excluding hydrogens is 390 g/mol. The number of aliphatic hydroxyl groups is 1. The number of sulfonamides is 1. The van der Waals surface area contributed by atoms with E-state index in [0.29, 0.717) is 27.5 Å². The van der Waals surface area contributed by atoms with Gasteiger partial charge < -0.3 is 9.84 Å². The van der Waals surface area contributed by atoms with Crippen LogP contribution in [0, 0.1) is 0 Å². The van der Waals surface area contributed by atoms with Gasteiger partial charge in [0.05, 0.1) is 6.61 Å². The molecular formula is C18H16ClN3O4S. The smallest absolute Gasteiger partial charge is 0.241 e. The molecule has 1 aromatic heterocycles. The molecule has 0 amide bonds. The van der Waals surface area contributed by atoms with E-state index in [-0.39, 0.29) is 23.9 Å². The molecule has 140 valence electrons. The number of aromatic nitrogens is 2. The van der Waals surface area contributed by atoms with Crippen LogP contribution in [0.2, 0.25) is 5.02 Å². The number of nitrogens with two attached hydrogens (primary N) is 1. The molecule has 0 aliphatic rings. The van der Waals surface area contributed by atoms with Crippen molar-refractivity contribution in [2.45, 2.75) is 4.90 Å². The average molecular weight is 406 g/mol. The summed E-state index contributed by atoms with van der Waals surface area (Å²) in [6.45, 7) is -0.404. The topological polar surface area (TPSA) is 115 Å². The molecule has 0 bridgehead atoms. The molecule has 3 aromatic rings. The van der Waals surface area contributed by atoms with Gasteiger partial charge in [-0.2, -0.15) is 0 Å². The predicted octanol–water partition coefficient (Wildman–Crippen LogP) is 2.48. The summed E-state index contributed by atoms with van der Waals surface area (Å²) in [5, 5.41) is 15.0. The fraction of sp³-hybridized carbons (Fsp3) is 0.111. The third-order valence-electron chi connectivity index (χ3n) is 3.71. The van der Waals surface area contributed by atoms with Crippen molar-refractivity contribution >= 4 is 21.6 Å². The van der Waals surface area contributed by atoms with Crippen LogP contribution in [0.4, 0.5) is 0 Å². The molecule has 1 heterocycles. The van der Waals surface area contributed by atoms with Crippen LogP contribution in [-0.4, -0.2) is 36.7 Å². The van der Waals surface area contributed by atoms with Gasteiger partial charge in [0, 0.05) is 28.5 Å². The summed E-state index contributed by atoms with van der Waals surface area (Å²) in [4.78, 5) is 8.29. The lowest BCUT2D eigenvalue weighted by atomic mass is 9.97. The highest BCUT2D eigenvalue weighted by Crippen LogP contribution is 2.42. The van der Waals surface area contributed by atoms with E-state index in [1.54, 1.807) is 48.8 Å². The summed E-state index contributed by atoms with van der Waals surface area (Å²) in [5.74, 6) is 0.413. The van der Waals surface area contributed by atoms with Crippen molar-refractivity contribution < 1.29 is 18.3 Å². The number of aliphatic hydroxyl groups excluding tert-OH is 1. The zero-order chi connectivity index (χ0) is 19.4. The van der Waals surface area contributed by atoms with E-state index in [2.05, 4.69) is 9.97 Å². The molecule has 0 fully saturated rings. The standard InChI is InChI=1S/C18H16ClN3O4S/c19-13-4-2-12(3-5-13)16-14(18-21-8-1-9-22-18)6-7-15(27(20,24)25)17(16)26-11-10-23/h1-9,23H,10-11H2,(H2,20,24,25). The number of halogens is 1. The van der Waals surface area contributed by atoms with Crippen LogP contribution in [0.25, 0.3) is 22.5 Å². The Hall–Kier alpha value is -2.52. The summed E-state index contributed by atoms with van der Waals surface area (Å²) in [6.07, 6.45) is 3.16. The number of benzene rings is 2. The van der Waals surface area contributed by atoms with Gasteiger partial charge in [-0.05, 0) is 35.9 Å². The first-order chi connectivity index (χ1) is 12.9. The number of hydrogen-bond donors (Lipinski definition) is 2. The maximum Gasteiger partial charge on any atom is 0.241 e. The summed E-state index contributed by atoms with van der Waals surface area (Å²) < 4.78 is 29.8. The molecule has 0 unspecified atom stereocenters. The van der Waals surface area contributed by atoms with Crippen molar-refractivity contribution in [1.82, 2.24) is 9.97 Å². The first kappa shape index (κ1) is 19.2. The Morgan fingerprint density at radius 1 is 1.07 bits per heavy atom. The highest BCUT2D eigenvalue weighted by molar-refractivity contribution is 7.89. The van der Waals surface area contributed by atoms with Crippen LogP contribution < -0.4 is 9.88 Å². The van der Waals surface area contributed by atoms with Crippen molar-refractivity contribution in [3.63, 3.8) is 0 Å². The lowest BCUT2D eigenvalue weighted by Gasteiger charge is -2.18. The Morgan fingerprint density at radius 2 is 1.74 bits per heavy atom. The second-order valence-corrected chi connectivity index (χ2v) is 7.48. The Kier molecular flexibility index (Phi) is 5.71. The summed E-state index contributed by atoms with van der Waals surface area (Å²) in [5.41, 5.74) is 1.64. The number of hydrogen-bond acceptors (Lipinski definition) is 6. The first-order valence-corrected chi connectivity index (χ1v) is 9.81. The van der Waals surface area contributed by atoms with Crippen LogP contribution >= 0.6 is 11.6 Å². The largest absolute Gasteiger partial charge is 0.489 e. The van der Waals surface area contributed by atoms with Gasteiger partial charge >= 0.3 is 0 Å². The number of ether oxygens (including phenoxy) is 1. The summed E-state index contributed by atoms with van der Waals surface area (Å²) >= 11 is 5.98. The minimum atomic E-state index is -4.08. The van der Waals surface area contributed by atoms with E-state index >= 15 is 0 Å². The quantitative estimate of drug-likeness (QED) is 0.650. The van der Waals surface area contributed by atoms with E-state index in [1.807, 2.05) is 0 Å².